The molecule has 1 aliphatic heterocycles. The summed E-state index contributed by atoms with van der Waals surface area (Å²) in [5.74, 6) is 0.958. The minimum absolute atomic E-state index is 0.157. The smallest absolute Gasteiger partial charge is 0.234 e. The molecule has 0 atom stereocenters. The molecule has 2 heterocycles. The number of nitrogens with one attached hydrogen (secondary N) is 2. The Kier molecular flexibility index (Phi) is 5.38. The lowest BCUT2D eigenvalue weighted by molar-refractivity contribution is -0.122. The summed E-state index contributed by atoms with van der Waals surface area (Å²) in [4.78, 5) is 21.0. The molecule has 1 aromatic heterocycles. The Balaban J connectivity index is 1.30. The summed E-state index contributed by atoms with van der Waals surface area (Å²) >= 11 is 5.42. The maximum atomic E-state index is 11.9. The van der Waals surface area contributed by atoms with E-state index in [1.807, 2.05) is 4.68 Å². The number of nitrogens with zero attached hydrogens (tertiary/aromatic N) is 4. The Bertz CT molecular complexity index is 846. The molecule has 2 N–H and O–H groups in total. The van der Waals surface area contributed by atoms with Crippen LogP contribution in [0, 0.1) is 11.7 Å². The zero-order valence-corrected chi connectivity index (χ0v) is 16.5. The summed E-state index contributed by atoms with van der Waals surface area (Å²) < 4.78 is 2.48. The first-order valence-corrected chi connectivity index (χ1v) is 9.95. The monoisotopic (exact) mass is 386 g/mol. The summed E-state index contributed by atoms with van der Waals surface area (Å²) in [5.41, 5.74) is 2.26. The van der Waals surface area contributed by atoms with Gasteiger partial charge in [-0.2, -0.15) is 4.98 Å². The van der Waals surface area contributed by atoms with Gasteiger partial charge in [0.2, 0.25) is 10.7 Å². The van der Waals surface area contributed by atoms with Crippen LogP contribution in [0.25, 0.3) is 11.4 Å². The van der Waals surface area contributed by atoms with Gasteiger partial charge in [-0.25, -0.2) is 4.68 Å². The predicted molar refractivity (Wildman–Crippen MR) is 107 cm³/mol. The van der Waals surface area contributed by atoms with E-state index in [4.69, 9.17) is 12.2 Å². The first kappa shape index (κ1) is 18.3. The highest BCUT2D eigenvalue weighted by molar-refractivity contribution is 7.71. The summed E-state index contributed by atoms with van der Waals surface area (Å²) in [7, 11) is 0. The molecule has 144 valence electrons. The average molecular weight is 387 g/mol. The molecular formula is C19H26N6OS. The minimum atomic E-state index is 0.157. The van der Waals surface area contributed by atoms with Crippen LogP contribution >= 0.6 is 12.2 Å². The third kappa shape index (κ3) is 4.82. The minimum Gasteiger partial charge on any atom is -0.352 e. The van der Waals surface area contributed by atoms with Crippen molar-refractivity contribution in [3.63, 3.8) is 0 Å². The van der Waals surface area contributed by atoms with Crippen molar-refractivity contribution in [2.75, 3.05) is 32.7 Å². The molecular weight excluding hydrogens is 360 g/mol. The fourth-order valence-electron chi connectivity index (χ4n) is 3.29. The van der Waals surface area contributed by atoms with E-state index >= 15 is 0 Å². The third-order valence-corrected chi connectivity index (χ3v) is 5.43. The second-order valence-corrected chi connectivity index (χ2v) is 7.89. The van der Waals surface area contributed by atoms with E-state index in [-0.39, 0.29) is 5.91 Å². The maximum Gasteiger partial charge on any atom is 0.234 e. The molecule has 0 radical (unpaired) electrons. The van der Waals surface area contributed by atoms with E-state index < -0.39 is 0 Å². The molecule has 4 rings (SSSR count). The largest absolute Gasteiger partial charge is 0.352 e. The molecule has 0 spiro atoms. The Morgan fingerprint density at radius 2 is 1.85 bits per heavy atom. The van der Waals surface area contributed by atoms with Crippen LogP contribution in [0.1, 0.15) is 18.4 Å². The van der Waals surface area contributed by atoms with Gasteiger partial charge in [0, 0.05) is 37.8 Å². The second-order valence-electron chi connectivity index (χ2n) is 7.53. The number of piperazine rings is 1. The maximum absolute atomic E-state index is 11.9. The Labute approximate surface area is 164 Å². The number of benzene rings is 1. The number of carbonyl (C=O) groups excluding carboxylic acids is 1. The number of aromatic nitrogens is 3. The Hall–Kier alpha value is -2.03. The van der Waals surface area contributed by atoms with Crippen molar-refractivity contribution in [3.8, 4) is 11.4 Å². The Morgan fingerprint density at radius 1 is 1.19 bits per heavy atom. The van der Waals surface area contributed by atoms with Crippen LogP contribution in [-0.2, 0) is 11.5 Å². The van der Waals surface area contributed by atoms with Gasteiger partial charge in [0.25, 0.3) is 0 Å². The van der Waals surface area contributed by atoms with E-state index in [0.29, 0.717) is 24.0 Å². The van der Waals surface area contributed by atoms with E-state index in [9.17, 15) is 4.79 Å². The zero-order valence-electron chi connectivity index (χ0n) is 15.6. The lowest BCUT2D eigenvalue weighted by Crippen LogP contribution is -2.49. The fraction of sp³-hybridized carbons (Fsp3) is 0.526. The third-order valence-electron chi connectivity index (χ3n) is 5.12. The van der Waals surface area contributed by atoms with Gasteiger partial charge < -0.3 is 5.32 Å². The average Bonchev–Trinajstić information content (AvgIpc) is 3.39. The molecule has 1 aliphatic carbocycles. The molecule has 2 aliphatic rings. The number of H-pyrrole nitrogens is 1. The van der Waals surface area contributed by atoms with Crippen LogP contribution in [0.3, 0.4) is 0 Å². The summed E-state index contributed by atoms with van der Waals surface area (Å²) in [6, 6.07) is 8.69. The van der Waals surface area contributed by atoms with Crippen LogP contribution in [-0.4, -0.2) is 69.2 Å². The first-order valence-electron chi connectivity index (χ1n) is 9.55. The molecule has 1 saturated heterocycles. The molecule has 8 heteroatoms. The van der Waals surface area contributed by atoms with Gasteiger partial charge in [-0.3, -0.25) is 19.7 Å². The summed E-state index contributed by atoms with van der Waals surface area (Å²) in [6.07, 6.45) is 2.27. The molecule has 27 heavy (non-hydrogen) atoms. The molecule has 2 fully saturated rings. The molecule has 2 aromatic rings. The van der Waals surface area contributed by atoms with Crippen LogP contribution in [0.15, 0.2) is 24.3 Å². The molecule has 7 nitrogen and oxygen atoms in total. The standard InChI is InChI=1S/C19H26N6OS/c1-14-2-4-15(5-3-14)18-21-19(27)25(22-18)13-24-10-8-23(9-11-24)12-17(26)20-16-6-7-16/h2-5,16H,6-13H2,1H3,(H,20,26)(H,21,22,27). The van der Waals surface area contributed by atoms with Crippen molar-refractivity contribution in [3.05, 3.63) is 34.6 Å². The number of carbonyl (C=O) groups is 1. The van der Waals surface area contributed by atoms with E-state index in [2.05, 4.69) is 56.4 Å². The number of amides is 1. The van der Waals surface area contributed by atoms with E-state index in [1.54, 1.807) is 0 Å². The lowest BCUT2D eigenvalue weighted by Gasteiger charge is -2.34. The van der Waals surface area contributed by atoms with Crippen molar-refractivity contribution in [1.82, 2.24) is 29.9 Å². The summed E-state index contributed by atoms with van der Waals surface area (Å²) in [6.45, 7) is 6.88. The van der Waals surface area contributed by atoms with Crippen molar-refractivity contribution in [2.24, 2.45) is 0 Å². The lowest BCUT2D eigenvalue weighted by atomic mass is 10.1. The van der Waals surface area contributed by atoms with Crippen LogP contribution < -0.4 is 5.32 Å². The quantitative estimate of drug-likeness (QED) is 0.741. The van der Waals surface area contributed by atoms with Crippen molar-refractivity contribution < 1.29 is 4.79 Å². The molecule has 0 bridgehead atoms. The molecule has 1 saturated carbocycles. The topological polar surface area (TPSA) is 69.2 Å². The van der Waals surface area contributed by atoms with Crippen molar-refractivity contribution >= 4 is 18.1 Å². The number of aromatic amines is 1. The van der Waals surface area contributed by atoms with Crippen molar-refractivity contribution in [2.45, 2.75) is 32.5 Å². The van der Waals surface area contributed by atoms with Crippen LogP contribution in [0.5, 0.6) is 0 Å². The van der Waals surface area contributed by atoms with Crippen LogP contribution in [0.2, 0.25) is 0 Å². The highest BCUT2D eigenvalue weighted by Gasteiger charge is 2.25. The number of hydrogen-bond donors (Lipinski definition) is 2. The van der Waals surface area contributed by atoms with Gasteiger partial charge in [-0.05, 0) is 32.0 Å². The first-order chi connectivity index (χ1) is 13.1. The molecule has 1 aromatic carbocycles. The SMILES string of the molecule is Cc1ccc(-c2nc(=S)n(CN3CCN(CC(=O)NC4CC4)CC3)[nH]2)cc1. The number of hydrogen-bond acceptors (Lipinski definition) is 5. The fourth-order valence-corrected chi connectivity index (χ4v) is 3.48. The van der Waals surface area contributed by atoms with Gasteiger partial charge in [-0.1, -0.05) is 29.8 Å². The molecule has 1 amide bonds. The summed E-state index contributed by atoms with van der Waals surface area (Å²) in [5, 5.41) is 6.37. The number of aryl methyl sites for hydroxylation is 1. The predicted octanol–water partition coefficient (Wildman–Crippen LogP) is 1.77. The van der Waals surface area contributed by atoms with Gasteiger partial charge in [0.1, 0.15) is 0 Å². The zero-order chi connectivity index (χ0) is 18.8. The molecule has 0 unspecified atom stereocenters. The number of rotatable bonds is 6. The van der Waals surface area contributed by atoms with E-state index in [1.165, 1.54) is 5.56 Å². The van der Waals surface area contributed by atoms with Crippen LogP contribution in [0.4, 0.5) is 0 Å². The second kappa shape index (κ2) is 7.92. The van der Waals surface area contributed by atoms with Gasteiger partial charge in [0.15, 0.2) is 5.82 Å². The van der Waals surface area contributed by atoms with Gasteiger partial charge >= 0.3 is 0 Å². The van der Waals surface area contributed by atoms with Gasteiger partial charge in [0.05, 0.1) is 13.2 Å². The van der Waals surface area contributed by atoms with Crippen molar-refractivity contribution in [1.29, 1.82) is 0 Å². The van der Waals surface area contributed by atoms with Gasteiger partial charge in [-0.15, -0.1) is 0 Å². The van der Waals surface area contributed by atoms with E-state index in [0.717, 1.165) is 50.4 Å². The highest BCUT2D eigenvalue weighted by atomic mass is 32.1. The Morgan fingerprint density at radius 3 is 2.52 bits per heavy atom. The highest BCUT2D eigenvalue weighted by Crippen LogP contribution is 2.18. The normalized spacial score (nSPS) is 18.6.